The van der Waals surface area contributed by atoms with Crippen LogP contribution in [0, 0.1) is 23.3 Å². The van der Waals surface area contributed by atoms with Crippen LogP contribution < -0.4 is 5.32 Å². The van der Waals surface area contributed by atoms with Gasteiger partial charge < -0.3 is 5.32 Å². The molecule has 0 aliphatic carbocycles. The molecule has 1 aliphatic rings. The highest BCUT2D eigenvalue weighted by molar-refractivity contribution is 6.23. The van der Waals surface area contributed by atoms with E-state index in [-0.39, 0.29) is 11.0 Å². The van der Waals surface area contributed by atoms with Crippen LogP contribution in [-0.4, -0.2) is 33.6 Å². The van der Waals surface area contributed by atoms with Gasteiger partial charge in [-0.1, -0.05) is 12.1 Å². The van der Waals surface area contributed by atoms with Gasteiger partial charge in [-0.25, -0.2) is 22.0 Å². The Hall–Kier alpha value is -4.57. The summed E-state index contributed by atoms with van der Waals surface area (Å²) in [5, 5.41) is 1.12. The number of hydrogen-bond acceptors (Lipinski definition) is 4. The molecule has 1 aliphatic heterocycles. The first-order chi connectivity index (χ1) is 19.0. The number of rotatable bonds is 5. The SMILES string of the molecule is O=C(Nc1c(F)c(F)c(C(F)(F)F)c(F)c1F)[C@H]([C@@H](F)c1ccnc(C(F)(F)F)c1)N1C(=O)c2ccccc2C1=O. The first-order valence-corrected chi connectivity index (χ1v) is 10.8. The lowest BCUT2D eigenvalue weighted by molar-refractivity contribution is -0.143. The van der Waals surface area contributed by atoms with Crippen LogP contribution in [0.25, 0.3) is 0 Å². The molecule has 0 saturated heterocycles. The molecule has 216 valence electrons. The third kappa shape index (κ3) is 5.06. The van der Waals surface area contributed by atoms with Crippen molar-refractivity contribution in [3.63, 3.8) is 0 Å². The zero-order chi connectivity index (χ0) is 30.6. The highest BCUT2D eigenvalue weighted by Crippen LogP contribution is 2.40. The van der Waals surface area contributed by atoms with Crippen molar-refractivity contribution in [2.45, 2.75) is 24.6 Å². The summed E-state index contributed by atoms with van der Waals surface area (Å²) in [5.41, 5.74) is -8.76. The lowest BCUT2D eigenvalue weighted by Gasteiger charge is -2.28. The molecule has 2 atom stereocenters. The monoisotopic (exact) mass is 597 g/mol. The second kappa shape index (κ2) is 10.1. The van der Waals surface area contributed by atoms with Crippen LogP contribution in [0.4, 0.5) is 54.0 Å². The molecule has 0 saturated carbocycles. The Morgan fingerprint density at radius 2 is 1.32 bits per heavy atom. The Morgan fingerprint density at radius 3 is 1.78 bits per heavy atom. The summed E-state index contributed by atoms with van der Waals surface area (Å²) in [5.74, 6) is -16.5. The van der Waals surface area contributed by atoms with Crippen LogP contribution in [0.15, 0.2) is 42.6 Å². The van der Waals surface area contributed by atoms with Crippen molar-refractivity contribution >= 4 is 23.4 Å². The van der Waals surface area contributed by atoms with E-state index in [2.05, 4.69) is 4.98 Å². The molecular formula is C24H10F11N3O3. The molecule has 0 bridgehead atoms. The summed E-state index contributed by atoms with van der Waals surface area (Å²) < 4.78 is 151. The average Bonchev–Trinajstić information content (AvgIpc) is 3.14. The largest absolute Gasteiger partial charge is 0.433 e. The van der Waals surface area contributed by atoms with Crippen LogP contribution in [0.2, 0.25) is 0 Å². The summed E-state index contributed by atoms with van der Waals surface area (Å²) in [6, 6.07) is 2.35. The van der Waals surface area contributed by atoms with E-state index in [1.165, 1.54) is 12.1 Å². The Bertz CT molecular complexity index is 1520. The van der Waals surface area contributed by atoms with Gasteiger partial charge in [0.15, 0.2) is 35.5 Å². The molecule has 0 spiro atoms. The fraction of sp³-hybridized carbons (Fsp3) is 0.167. The molecule has 0 fully saturated rings. The maximum absolute atomic E-state index is 15.8. The van der Waals surface area contributed by atoms with Crippen molar-refractivity contribution in [3.05, 3.63) is 93.8 Å². The van der Waals surface area contributed by atoms with Crippen LogP contribution in [0.3, 0.4) is 0 Å². The summed E-state index contributed by atoms with van der Waals surface area (Å²) in [6.45, 7) is 0. The smallest absolute Gasteiger partial charge is 0.319 e. The minimum Gasteiger partial charge on any atom is -0.319 e. The van der Waals surface area contributed by atoms with Gasteiger partial charge in [0, 0.05) is 6.20 Å². The number of hydrogen-bond donors (Lipinski definition) is 1. The number of alkyl halides is 7. The number of fused-ring (bicyclic) bond motifs is 1. The van der Waals surface area contributed by atoms with Gasteiger partial charge in [-0.2, -0.15) is 26.3 Å². The van der Waals surface area contributed by atoms with Gasteiger partial charge in [0.1, 0.15) is 16.9 Å². The summed E-state index contributed by atoms with van der Waals surface area (Å²) in [6.07, 6.45) is -13.7. The molecule has 0 radical (unpaired) electrons. The van der Waals surface area contributed by atoms with E-state index in [0.29, 0.717) is 12.3 Å². The first-order valence-electron chi connectivity index (χ1n) is 10.8. The number of nitrogens with one attached hydrogen (secondary N) is 1. The third-order valence-electron chi connectivity index (χ3n) is 5.84. The number of amides is 3. The number of carbonyl (C=O) groups excluding carboxylic acids is 3. The van der Waals surface area contributed by atoms with E-state index >= 15 is 4.39 Å². The molecule has 17 heteroatoms. The molecule has 3 amide bonds. The lowest BCUT2D eigenvalue weighted by Crippen LogP contribution is -2.50. The summed E-state index contributed by atoms with van der Waals surface area (Å²) in [4.78, 5) is 41.8. The molecule has 1 aromatic heterocycles. The molecule has 6 nitrogen and oxygen atoms in total. The van der Waals surface area contributed by atoms with Crippen molar-refractivity contribution in [1.29, 1.82) is 0 Å². The van der Waals surface area contributed by atoms with Gasteiger partial charge in [-0.05, 0) is 29.8 Å². The lowest BCUT2D eigenvalue weighted by atomic mass is 10.0. The van der Waals surface area contributed by atoms with Crippen LogP contribution in [-0.2, 0) is 17.1 Å². The second-order valence-electron chi connectivity index (χ2n) is 8.34. The van der Waals surface area contributed by atoms with Crippen LogP contribution in [0.1, 0.15) is 43.7 Å². The van der Waals surface area contributed by atoms with Gasteiger partial charge in [-0.15, -0.1) is 0 Å². The topological polar surface area (TPSA) is 79.4 Å². The van der Waals surface area contributed by atoms with E-state index in [4.69, 9.17) is 0 Å². The quantitative estimate of drug-likeness (QED) is 0.223. The van der Waals surface area contributed by atoms with Crippen molar-refractivity contribution in [3.8, 4) is 0 Å². The molecular weight excluding hydrogens is 587 g/mol. The van der Waals surface area contributed by atoms with Gasteiger partial charge in [-0.3, -0.25) is 24.3 Å². The number of carbonyl (C=O) groups is 3. The van der Waals surface area contributed by atoms with Gasteiger partial charge in [0.2, 0.25) is 0 Å². The van der Waals surface area contributed by atoms with Gasteiger partial charge >= 0.3 is 12.4 Å². The van der Waals surface area contributed by atoms with Crippen molar-refractivity contribution in [2.75, 3.05) is 5.32 Å². The molecule has 4 rings (SSSR count). The van der Waals surface area contributed by atoms with Gasteiger partial charge in [0.05, 0.1) is 11.1 Å². The average molecular weight is 597 g/mol. The molecule has 0 unspecified atom stereocenters. The van der Waals surface area contributed by atoms with Crippen molar-refractivity contribution < 1.29 is 62.7 Å². The maximum atomic E-state index is 15.8. The highest BCUT2D eigenvalue weighted by Gasteiger charge is 2.48. The number of halogens is 11. The molecule has 41 heavy (non-hydrogen) atoms. The Morgan fingerprint density at radius 1 is 0.805 bits per heavy atom. The van der Waals surface area contributed by atoms with Crippen molar-refractivity contribution in [2.24, 2.45) is 0 Å². The van der Waals surface area contributed by atoms with Gasteiger partial charge in [0.25, 0.3) is 17.7 Å². The third-order valence-corrected chi connectivity index (χ3v) is 5.84. The van der Waals surface area contributed by atoms with Crippen LogP contribution in [0.5, 0.6) is 0 Å². The minimum atomic E-state index is -5.94. The summed E-state index contributed by atoms with van der Waals surface area (Å²) >= 11 is 0. The predicted octanol–water partition coefficient (Wildman–Crippen LogP) is 5.99. The Kier molecular flexibility index (Phi) is 7.26. The maximum Gasteiger partial charge on any atom is 0.433 e. The standard InChI is InChI=1S/C24H10F11N3O3/c25-13(8-5-6-36-11(7-8)23(30,31)32)19(38-21(40)9-3-1-2-4-10(9)22(38)41)20(39)37-18-16(28)14(26)12(24(33,34)35)15(27)17(18)29/h1-7,13,19H,(H,37,39)/t13-,19-/m0/s1. The molecule has 1 N–H and O–H groups in total. The fourth-order valence-corrected chi connectivity index (χ4v) is 3.98. The normalized spacial score (nSPS) is 15.1. The fourth-order valence-electron chi connectivity index (χ4n) is 3.98. The zero-order valence-electron chi connectivity index (χ0n) is 19.5. The zero-order valence-corrected chi connectivity index (χ0v) is 19.5. The van der Waals surface area contributed by atoms with Crippen molar-refractivity contribution in [1.82, 2.24) is 9.88 Å². The number of anilines is 1. The number of aromatic nitrogens is 1. The molecule has 2 heterocycles. The Balaban J connectivity index is 1.84. The van der Waals surface area contributed by atoms with E-state index < -0.39 is 99.2 Å². The predicted molar refractivity (Wildman–Crippen MR) is 114 cm³/mol. The minimum absolute atomic E-state index is 0.0851. The van der Waals surface area contributed by atoms with E-state index in [0.717, 1.165) is 17.4 Å². The number of pyridine rings is 1. The van der Waals surface area contributed by atoms with E-state index in [9.17, 15) is 58.3 Å². The highest BCUT2D eigenvalue weighted by atomic mass is 19.4. The number of nitrogens with zero attached hydrogens (tertiary/aromatic N) is 2. The second-order valence-corrected chi connectivity index (χ2v) is 8.34. The first kappa shape index (κ1) is 29.4. The molecule has 2 aromatic carbocycles. The summed E-state index contributed by atoms with van der Waals surface area (Å²) in [7, 11) is 0. The number of imide groups is 1. The molecule has 3 aromatic rings. The van der Waals surface area contributed by atoms with Crippen LogP contribution >= 0.6 is 0 Å². The van der Waals surface area contributed by atoms with E-state index in [1.807, 2.05) is 0 Å². The number of benzene rings is 2. The Labute approximate surface area is 220 Å². The van der Waals surface area contributed by atoms with E-state index in [1.54, 1.807) is 0 Å².